The zero-order chi connectivity index (χ0) is 33.0. The van der Waals surface area contributed by atoms with Gasteiger partial charge in [-0.25, -0.2) is 4.98 Å². The zero-order valence-electron chi connectivity index (χ0n) is 28.2. The molecule has 0 bridgehead atoms. The molecule has 0 radical (unpaired) electrons. The summed E-state index contributed by atoms with van der Waals surface area (Å²) >= 11 is 4.43. The van der Waals surface area contributed by atoms with E-state index in [-0.39, 0.29) is 5.54 Å². The van der Waals surface area contributed by atoms with Crippen molar-refractivity contribution < 1.29 is 0 Å². The molecule has 5 aromatic carbocycles. The number of thiol groups is 1. The fraction of sp³-hybridized carbons (Fsp3) is 0.233. The van der Waals surface area contributed by atoms with Crippen molar-refractivity contribution in [3.8, 4) is 22.4 Å². The first kappa shape index (κ1) is 33.2. The highest BCUT2D eigenvalue weighted by molar-refractivity contribution is 7.80. The fourth-order valence-corrected chi connectivity index (χ4v) is 5.96. The lowest BCUT2D eigenvalue weighted by atomic mass is 9.82. The first-order valence-corrected chi connectivity index (χ1v) is 16.6. The van der Waals surface area contributed by atoms with Gasteiger partial charge < -0.3 is 5.73 Å². The van der Waals surface area contributed by atoms with Crippen LogP contribution in [0.2, 0.25) is 0 Å². The highest BCUT2D eigenvalue weighted by Gasteiger charge is 2.25. The Hall–Kier alpha value is -4.18. The lowest BCUT2D eigenvalue weighted by Gasteiger charge is -2.30. The Balaban J connectivity index is 0.000000232. The topological polar surface area (TPSA) is 38.9 Å². The molecule has 0 saturated carbocycles. The Morgan fingerprint density at radius 1 is 0.652 bits per heavy atom. The SMILES string of the molecule is Cc1ccc(C)c2c(-c3ccc(C(C)(N)C(C)C)cc3)cc(-c3ccc(S)cc3)nc12.Cc1ccccc1Cc1ccccc1C. The number of nitrogens with two attached hydrogens (primary N) is 1. The molecule has 0 saturated heterocycles. The van der Waals surface area contributed by atoms with Crippen molar-refractivity contribution in [2.24, 2.45) is 11.7 Å². The van der Waals surface area contributed by atoms with Crippen LogP contribution >= 0.6 is 12.6 Å². The van der Waals surface area contributed by atoms with Crippen LogP contribution in [0, 0.1) is 33.6 Å². The van der Waals surface area contributed by atoms with E-state index in [4.69, 9.17) is 10.7 Å². The summed E-state index contributed by atoms with van der Waals surface area (Å²) in [5.74, 6) is 0.353. The molecule has 1 unspecified atom stereocenters. The summed E-state index contributed by atoms with van der Waals surface area (Å²) in [6.07, 6.45) is 1.04. The van der Waals surface area contributed by atoms with Crippen LogP contribution in [-0.2, 0) is 12.0 Å². The van der Waals surface area contributed by atoms with Crippen LogP contribution in [0.3, 0.4) is 0 Å². The molecule has 0 fully saturated rings. The molecule has 2 nitrogen and oxygen atoms in total. The molecule has 6 rings (SSSR count). The molecule has 1 atom stereocenters. The first-order chi connectivity index (χ1) is 22.0. The molecule has 0 amide bonds. The number of rotatable bonds is 6. The van der Waals surface area contributed by atoms with Crippen molar-refractivity contribution in [3.63, 3.8) is 0 Å². The molecular formula is C43H46N2S. The maximum Gasteiger partial charge on any atom is 0.0747 e. The number of hydrogen-bond acceptors (Lipinski definition) is 3. The second-order valence-corrected chi connectivity index (χ2v) is 13.6. The second-order valence-electron chi connectivity index (χ2n) is 13.1. The van der Waals surface area contributed by atoms with Gasteiger partial charge in [-0.1, -0.05) is 111 Å². The van der Waals surface area contributed by atoms with Crippen molar-refractivity contribution in [2.45, 2.75) is 65.3 Å². The molecule has 0 aliphatic carbocycles. The number of fused-ring (bicyclic) bond motifs is 1. The Kier molecular flexibility index (Phi) is 10.2. The van der Waals surface area contributed by atoms with Crippen LogP contribution in [0.15, 0.2) is 120 Å². The van der Waals surface area contributed by atoms with Gasteiger partial charge in [0.25, 0.3) is 0 Å². The molecule has 0 aliphatic rings. The van der Waals surface area contributed by atoms with Gasteiger partial charge >= 0.3 is 0 Å². The summed E-state index contributed by atoms with van der Waals surface area (Å²) in [6, 6.07) is 40.6. The van der Waals surface area contributed by atoms with Gasteiger partial charge in [-0.2, -0.15) is 0 Å². The number of nitrogens with zero attached hydrogens (tertiary/aromatic N) is 1. The smallest absolute Gasteiger partial charge is 0.0747 e. The number of benzene rings is 5. The molecule has 0 spiro atoms. The van der Waals surface area contributed by atoms with Gasteiger partial charge in [-0.15, -0.1) is 12.6 Å². The van der Waals surface area contributed by atoms with Gasteiger partial charge in [0, 0.05) is 21.4 Å². The average Bonchev–Trinajstić information content (AvgIpc) is 3.05. The van der Waals surface area contributed by atoms with Gasteiger partial charge in [0.15, 0.2) is 0 Å². The molecule has 2 N–H and O–H groups in total. The Morgan fingerprint density at radius 2 is 1.17 bits per heavy atom. The zero-order valence-corrected chi connectivity index (χ0v) is 29.1. The summed E-state index contributed by atoms with van der Waals surface area (Å²) < 4.78 is 0. The third kappa shape index (κ3) is 7.28. The van der Waals surface area contributed by atoms with E-state index in [1.54, 1.807) is 0 Å². The quantitative estimate of drug-likeness (QED) is 0.181. The molecule has 0 aliphatic heterocycles. The monoisotopic (exact) mass is 622 g/mol. The summed E-state index contributed by atoms with van der Waals surface area (Å²) in [4.78, 5) is 6.00. The van der Waals surface area contributed by atoms with E-state index in [1.807, 2.05) is 12.1 Å². The van der Waals surface area contributed by atoms with Gasteiger partial charge in [-0.05, 0) is 115 Å². The molecule has 1 heterocycles. The third-order valence-electron chi connectivity index (χ3n) is 9.45. The normalized spacial score (nSPS) is 12.5. The Labute approximate surface area is 281 Å². The minimum Gasteiger partial charge on any atom is -0.321 e. The fourth-order valence-electron chi connectivity index (χ4n) is 5.81. The van der Waals surface area contributed by atoms with E-state index in [1.165, 1.54) is 49.9 Å². The predicted octanol–water partition coefficient (Wildman–Crippen LogP) is 11.2. The van der Waals surface area contributed by atoms with Crippen molar-refractivity contribution in [1.29, 1.82) is 0 Å². The van der Waals surface area contributed by atoms with E-state index in [0.717, 1.165) is 33.7 Å². The van der Waals surface area contributed by atoms with Crippen LogP contribution in [0.5, 0.6) is 0 Å². The molecular weight excluding hydrogens is 577 g/mol. The molecule has 6 aromatic rings. The number of aromatic nitrogens is 1. The standard InChI is InChI=1S/C28H30N2S.C15H16/c1-17(2)28(5,29)22-12-8-20(9-13-22)24-16-25(21-10-14-23(31)15-11-21)30-27-19(4)7-6-18(3)26(24)27;1-12-7-3-5-9-14(12)11-15-10-6-4-8-13(15)2/h6-17,31H,29H2,1-5H3;3-10H,11H2,1-2H3. The van der Waals surface area contributed by atoms with Gasteiger partial charge in [0.05, 0.1) is 11.2 Å². The van der Waals surface area contributed by atoms with Crippen molar-refractivity contribution in [3.05, 3.63) is 154 Å². The van der Waals surface area contributed by atoms with Gasteiger partial charge in [0.1, 0.15) is 0 Å². The second kappa shape index (κ2) is 14.1. The largest absolute Gasteiger partial charge is 0.321 e. The predicted molar refractivity (Wildman–Crippen MR) is 201 cm³/mol. The minimum atomic E-state index is -0.356. The number of hydrogen-bond donors (Lipinski definition) is 2. The molecule has 46 heavy (non-hydrogen) atoms. The Morgan fingerprint density at radius 3 is 1.72 bits per heavy atom. The van der Waals surface area contributed by atoms with E-state index in [0.29, 0.717) is 5.92 Å². The van der Waals surface area contributed by atoms with E-state index in [9.17, 15) is 0 Å². The number of aryl methyl sites for hydroxylation is 4. The summed E-state index contributed by atoms with van der Waals surface area (Å²) in [7, 11) is 0. The van der Waals surface area contributed by atoms with Crippen molar-refractivity contribution >= 4 is 23.5 Å². The highest BCUT2D eigenvalue weighted by atomic mass is 32.1. The first-order valence-electron chi connectivity index (χ1n) is 16.1. The summed E-state index contributed by atoms with van der Waals surface area (Å²) in [5.41, 5.74) is 20.9. The van der Waals surface area contributed by atoms with E-state index in [2.05, 4.69) is 164 Å². The van der Waals surface area contributed by atoms with Crippen LogP contribution in [0.4, 0.5) is 0 Å². The molecule has 3 heteroatoms. The maximum absolute atomic E-state index is 6.60. The maximum atomic E-state index is 6.60. The van der Waals surface area contributed by atoms with Crippen LogP contribution in [-0.4, -0.2) is 4.98 Å². The molecule has 1 aromatic heterocycles. The summed E-state index contributed by atoms with van der Waals surface area (Å²) in [5, 5.41) is 1.21. The Bertz CT molecular complexity index is 1910. The van der Waals surface area contributed by atoms with E-state index < -0.39 is 0 Å². The van der Waals surface area contributed by atoms with Crippen molar-refractivity contribution in [2.75, 3.05) is 0 Å². The third-order valence-corrected chi connectivity index (χ3v) is 9.75. The van der Waals surface area contributed by atoms with Crippen LogP contribution < -0.4 is 5.73 Å². The number of pyridine rings is 1. The van der Waals surface area contributed by atoms with Gasteiger partial charge in [-0.3, -0.25) is 0 Å². The van der Waals surface area contributed by atoms with Gasteiger partial charge in [0.2, 0.25) is 0 Å². The van der Waals surface area contributed by atoms with Crippen LogP contribution in [0.1, 0.15) is 59.7 Å². The average molecular weight is 623 g/mol. The van der Waals surface area contributed by atoms with Crippen LogP contribution in [0.25, 0.3) is 33.3 Å². The lowest BCUT2D eigenvalue weighted by molar-refractivity contribution is 0.350. The minimum absolute atomic E-state index is 0.353. The molecule has 234 valence electrons. The van der Waals surface area contributed by atoms with E-state index >= 15 is 0 Å². The highest BCUT2D eigenvalue weighted by Crippen LogP contribution is 2.36. The lowest BCUT2D eigenvalue weighted by Crippen LogP contribution is -2.38. The summed E-state index contributed by atoms with van der Waals surface area (Å²) in [6.45, 7) is 15.1. The van der Waals surface area contributed by atoms with Crippen molar-refractivity contribution in [1.82, 2.24) is 4.98 Å².